The first-order valence-electron chi connectivity index (χ1n) is 5.04. The van der Waals surface area contributed by atoms with Crippen LogP contribution in [0.2, 0.25) is 0 Å². The maximum absolute atomic E-state index is 14.0. The predicted octanol–water partition coefficient (Wildman–Crippen LogP) is 2.17. The first kappa shape index (κ1) is 11.1. The van der Waals surface area contributed by atoms with Gasteiger partial charge in [0.15, 0.2) is 0 Å². The molecule has 2 aromatic rings. The lowest BCUT2D eigenvalue weighted by atomic mass is 10.0. The molecule has 0 aliphatic heterocycles. The van der Waals surface area contributed by atoms with Gasteiger partial charge in [0.2, 0.25) is 0 Å². The third kappa shape index (κ3) is 2.10. The summed E-state index contributed by atoms with van der Waals surface area (Å²) in [6.07, 6.45) is 0. The Labute approximate surface area is 97.9 Å². The van der Waals surface area contributed by atoms with E-state index in [0.29, 0.717) is 16.8 Å². The van der Waals surface area contributed by atoms with Crippen molar-refractivity contribution >= 4 is 11.6 Å². The van der Waals surface area contributed by atoms with Gasteiger partial charge in [0.05, 0.1) is 5.56 Å². The number of carbonyl (C=O) groups excluding carboxylic acids is 1. The first-order chi connectivity index (χ1) is 8.09. The molecule has 0 aliphatic rings. The Morgan fingerprint density at radius 1 is 1.06 bits per heavy atom. The number of anilines is 1. The van der Waals surface area contributed by atoms with Crippen molar-refractivity contribution in [1.82, 2.24) is 0 Å². The lowest BCUT2D eigenvalue weighted by molar-refractivity contribution is 0.0996. The maximum atomic E-state index is 14.0. The summed E-state index contributed by atoms with van der Waals surface area (Å²) in [5, 5.41) is 0. The molecule has 4 N–H and O–H groups in total. The number of rotatable bonds is 2. The van der Waals surface area contributed by atoms with Gasteiger partial charge in [-0.15, -0.1) is 0 Å². The van der Waals surface area contributed by atoms with Crippen LogP contribution in [0.5, 0.6) is 0 Å². The summed E-state index contributed by atoms with van der Waals surface area (Å²) in [7, 11) is 0. The summed E-state index contributed by atoms with van der Waals surface area (Å²) in [5.74, 6) is -1.38. The number of halogens is 1. The monoisotopic (exact) mass is 230 g/mol. The summed E-state index contributed by atoms with van der Waals surface area (Å²) >= 11 is 0. The van der Waals surface area contributed by atoms with Gasteiger partial charge in [-0.25, -0.2) is 4.39 Å². The molecule has 4 heteroatoms. The van der Waals surface area contributed by atoms with Crippen molar-refractivity contribution < 1.29 is 9.18 Å². The fourth-order valence-corrected chi connectivity index (χ4v) is 1.61. The number of nitrogen functional groups attached to an aromatic ring is 1. The van der Waals surface area contributed by atoms with Crippen LogP contribution in [0.15, 0.2) is 42.5 Å². The Bertz CT molecular complexity index is 564. The fourth-order valence-electron chi connectivity index (χ4n) is 1.61. The Hall–Kier alpha value is -2.36. The fraction of sp³-hybridized carbons (Fsp3) is 0. The number of primary amides is 1. The van der Waals surface area contributed by atoms with E-state index in [1.807, 2.05) is 0 Å². The van der Waals surface area contributed by atoms with E-state index in [0.717, 1.165) is 0 Å². The van der Waals surface area contributed by atoms with E-state index < -0.39 is 11.7 Å². The first-order valence-corrected chi connectivity index (χ1v) is 5.04. The largest absolute Gasteiger partial charge is 0.399 e. The van der Waals surface area contributed by atoms with Crippen LogP contribution in [0.4, 0.5) is 10.1 Å². The van der Waals surface area contributed by atoms with Gasteiger partial charge >= 0.3 is 0 Å². The van der Waals surface area contributed by atoms with Crippen LogP contribution in [0.25, 0.3) is 11.1 Å². The molecule has 0 spiro atoms. The quantitative estimate of drug-likeness (QED) is 0.776. The van der Waals surface area contributed by atoms with Crippen LogP contribution in [-0.4, -0.2) is 5.91 Å². The molecular weight excluding hydrogens is 219 g/mol. The number of nitrogens with two attached hydrogens (primary N) is 2. The molecular formula is C13H11FN2O. The molecule has 0 aliphatic carbocycles. The third-order valence-electron chi connectivity index (χ3n) is 2.49. The molecule has 2 rings (SSSR count). The molecule has 86 valence electrons. The standard InChI is InChI=1S/C13H11FN2O/c14-12-10(2-1-3-11(12)13(16)17)8-4-6-9(15)7-5-8/h1-7H,15H2,(H2,16,17). The molecule has 0 saturated carbocycles. The minimum Gasteiger partial charge on any atom is -0.399 e. The number of carbonyl (C=O) groups is 1. The van der Waals surface area contributed by atoms with Gasteiger partial charge in [-0.05, 0) is 23.8 Å². The number of hydrogen-bond acceptors (Lipinski definition) is 2. The highest BCUT2D eigenvalue weighted by atomic mass is 19.1. The minimum atomic E-state index is -0.778. The van der Waals surface area contributed by atoms with Crippen molar-refractivity contribution in [2.24, 2.45) is 5.73 Å². The van der Waals surface area contributed by atoms with Gasteiger partial charge in [-0.3, -0.25) is 4.79 Å². The van der Waals surface area contributed by atoms with E-state index in [-0.39, 0.29) is 5.56 Å². The number of amides is 1. The van der Waals surface area contributed by atoms with Gasteiger partial charge in [-0.1, -0.05) is 24.3 Å². The van der Waals surface area contributed by atoms with E-state index in [2.05, 4.69) is 0 Å². The topological polar surface area (TPSA) is 69.1 Å². The zero-order valence-corrected chi connectivity index (χ0v) is 8.98. The van der Waals surface area contributed by atoms with E-state index >= 15 is 0 Å². The van der Waals surface area contributed by atoms with Crippen molar-refractivity contribution in [3.8, 4) is 11.1 Å². The van der Waals surface area contributed by atoms with Crippen molar-refractivity contribution in [2.75, 3.05) is 5.73 Å². The molecule has 0 heterocycles. The Balaban J connectivity index is 2.56. The van der Waals surface area contributed by atoms with Crippen LogP contribution in [0.3, 0.4) is 0 Å². The minimum absolute atomic E-state index is 0.112. The SMILES string of the molecule is NC(=O)c1cccc(-c2ccc(N)cc2)c1F. The van der Waals surface area contributed by atoms with Gasteiger partial charge in [0.25, 0.3) is 5.91 Å². The molecule has 0 aromatic heterocycles. The third-order valence-corrected chi connectivity index (χ3v) is 2.49. The molecule has 0 fully saturated rings. The van der Waals surface area contributed by atoms with E-state index in [9.17, 15) is 9.18 Å². The summed E-state index contributed by atoms with van der Waals surface area (Å²) in [6, 6.07) is 11.3. The van der Waals surface area contributed by atoms with Gasteiger partial charge in [-0.2, -0.15) is 0 Å². The Morgan fingerprint density at radius 3 is 2.29 bits per heavy atom. The summed E-state index contributed by atoms with van der Waals surface area (Å²) in [5.41, 5.74) is 12.1. The van der Waals surface area contributed by atoms with E-state index in [4.69, 9.17) is 11.5 Å². The van der Waals surface area contributed by atoms with Crippen molar-refractivity contribution in [2.45, 2.75) is 0 Å². The second kappa shape index (κ2) is 4.25. The summed E-state index contributed by atoms with van der Waals surface area (Å²) in [6.45, 7) is 0. The molecule has 2 aromatic carbocycles. The molecule has 0 unspecified atom stereocenters. The van der Waals surface area contributed by atoms with E-state index in [1.165, 1.54) is 6.07 Å². The second-order valence-electron chi connectivity index (χ2n) is 3.65. The smallest absolute Gasteiger partial charge is 0.251 e. The lowest BCUT2D eigenvalue weighted by Crippen LogP contribution is -2.13. The predicted molar refractivity (Wildman–Crippen MR) is 64.8 cm³/mol. The van der Waals surface area contributed by atoms with Crippen molar-refractivity contribution in [3.63, 3.8) is 0 Å². The highest BCUT2D eigenvalue weighted by Crippen LogP contribution is 2.25. The molecule has 0 radical (unpaired) electrons. The van der Waals surface area contributed by atoms with Crippen molar-refractivity contribution in [3.05, 3.63) is 53.8 Å². The molecule has 0 saturated heterocycles. The summed E-state index contributed by atoms with van der Waals surface area (Å²) in [4.78, 5) is 11.0. The van der Waals surface area contributed by atoms with Crippen LogP contribution < -0.4 is 11.5 Å². The van der Waals surface area contributed by atoms with Gasteiger partial charge < -0.3 is 11.5 Å². The maximum Gasteiger partial charge on any atom is 0.251 e. The van der Waals surface area contributed by atoms with Crippen LogP contribution in [0, 0.1) is 5.82 Å². The van der Waals surface area contributed by atoms with Crippen LogP contribution in [0.1, 0.15) is 10.4 Å². The molecule has 3 nitrogen and oxygen atoms in total. The number of hydrogen-bond donors (Lipinski definition) is 2. The van der Waals surface area contributed by atoms with Crippen LogP contribution in [-0.2, 0) is 0 Å². The highest BCUT2D eigenvalue weighted by Gasteiger charge is 2.13. The average molecular weight is 230 g/mol. The average Bonchev–Trinajstić information content (AvgIpc) is 2.30. The normalized spacial score (nSPS) is 10.2. The zero-order chi connectivity index (χ0) is 12.4. The Morgan fingerprint density at radius 2 is 1.71 bits per heavy atom. The Kier molecular flexibility index (Phi) is 2.78. The summed E-state index contributed by atoms with van der Waals surface area (Å²) < 4.78 is 14.0. The number of benzene rings is 2. The van der Waals surface area contributed by atoms with Crippen molar-refractivity contribution in [1.29, 1.82) is 0 Å². The molecule has 0 bridgehead atoms. The van der Waals surface area contributed by atoms with Gasteiger partial charge in [0, 0.05) is 11.3 Å². The lowest BCUT2D eigenvalue weighted by Gasteiger charge is -2.06. The second-order valence-corrected chi connectivity index (χ2v) is 3.65. The highest BCUT2D eigenvalue weighted by molar-refractivity contribution is 5.94. The molecule has 1 amide bonds. The van der Waals surface area contributed by atoms with Crippen LogP contribution >= 0.6 is 0 Å². The zero-order valence-electron chi connectivity index (χ0n) is 8.98. The molecule has 17 heavy (non-hydrogen) atoms. The van der Waals surface area contributed by atoms with Gasteiger partial charge in [0.1, 0.15) is 5.82 Å². The molecule has 0 atom stereocenters. The van der Waals surface area contributed by atoms with E-state index in [1.54, 1.807) is 36.4 Å².